The van der Waals surface area contributed by atoms with Crippen LogP contribution >= 0.6 is 11.3 Å². The van der Waals surface area contributed by atoms with Crippen LogP contribution in [0.25, 0.3) is 10.2 Å². The van der Waals surface area contributed by atoms with Gasteiger partial charge in [-0.1, -0.05) is 41.5 Å². The average molecular weight is 248 g/mol. The van der Waals surface area contributed by atoms with Crippen LogP contribution in [0.5, 0.6) is 0 Å². The summed E-state index contributed by atoms with van der Waals surface area (Å²) in [5, 5.41) is 2.21. The van der Waals surface area contributed by atoms with Crippen molar-refractivity contribution in [3.8, 4) is 0 Å². The van der Waals surface area contributed by atoms with E-state index in [9.17, 15) is 0 Å². The molecule has 0 saturated carbocycles. The molecule has 0 bridgehead atoms. The van der Waals surface area contributed by atoms with E-state index in [0.717, 1.165) is 11.3 Å². The Bertz CT molecular complexity index is 541. The highest BCUT2D eigenvalue weighted by Crippen LogP contribution is 2.34. The van der Waals surface area contributed by atoms with Gasteiger partial charge in [0, 0.05) is 11.6 Å². The molecule has 2 heterocycles. The predicted molar refractivity (Wildman–Crippen MR) is 74.8 cm³/mol. The summed E-state index contributed by atoms with van der Waals surface area (Å²) in [5.74, 6) is 0.925. The minimum absolute atomic E-state index is 0.00524. The van der Waals surface area contributed by atoms with Crippen molar-refractivity contribution in [2.75, 3.05) is 0 Å². The molecule has 0 aliphatic rings. The third-order valence-electron chi connectivity index (χ3n) is 2.79. The zero-order chi connectivity index (χ0) is 12.8. The van der Waals surface area contributed by atoms with Gasteiger partial charge >= 0.3 is 0 Å². The van der Waals surface area contributed by atoms with Crippen molar-refractivity contribution in [1.82, 2.24) is 9.97 Å². The highest BCUT2D eigenvalue weighted by Gasteiger charge is 2.22. The molecule has 2 nitrogen and oxygen atoms in total. The minimum Gasteiger partial charge on any atom is -0.239 e. The maximum absolute atomic E-state index is 4.77. The molecular formula is C14H20N2S. The fourth-order valence-electron chi connectivity index (χ4n) is 1.72. The van der Waals surface area contributed by atoms with Gasteiger partial charge in [-0.3, -0.25) is 0 Å². The van der Waals surface area contributed by atoms with Gasteiger partial charge in [0.05, 0.1) is 10.2 Å². The normalized spacial score (nSPS) is 13.3. The summed E-state index contributed by atoms with van der Waals surface area (Å²) in [7, 11) is 0. The minimum atomic E-state index is 0.00524. The number of hydrogen-bond acceptors (Lipinski definition) is 3. The second-order valence-electron chi connectivity index (χ2n) is 6.56. The van der Waals surface area contributed by atoms with Crippen LogP contribution in [0.1, 0.15) is 52.9 Å². The van der Waals surface area contributed by atoms with Gasteiger partial charge in [0.2, 0.25) is 0 Å². The van der Waals surface area contributed by atoms with E-state index in [-0.39, 0.29) is 10.8 Å². The molecule has 2 aromatic rings. The summed E-state index contributed by atoms with van der Waals surface area (Å²) in [6, 6.07) is 0. The van der Waals surface area contributed by atoms with E-state index in [2.05, 4.69) is 51.9 Å². The van der Waals surface area contributed by atoms with Crippen molar-refractivity contribution in [3.05, 3.63) is 23.0 Å². The summed E-state index contributed by atoms with van der Waals surface area (Å²) in [6.45, 7) is 13.1. The van der Waals surface area contributed by atoms with Gasteiger partial charge in [-0.05, 0) is 16.4 Å². The van der Waals surface area contributed by atoms with Gasteiger partial charge in [-0.2, -0.15) is 0 Å². The van der Waals surface area contributed by atoms with Crippen LogP contribution in [0.4, 0.5) is 0 Å². The number of hydrogen-bond donors (Lipinski definition) is 0. The van der Waals surface area contributed by atoms with E-state index >= 15 is 0 Å². The van der Waals surface area contributed by atoms with E-state index in [1.807, 2.05) is 6.20 Å². The van der Waals surface area contributed by atoms with Gasteiger partial charge in [0.1, 0.15) is 5.82 Å². The first-order valence-electron chi connectivity index (χ1n) is 5.95. The lowest BCUT2D eigenvalue weighted by Gasteiger charge is -2.19. The molecular weight excluding hydrogens is 228 g/mol. The lowest BCUT2D eigenvalue weighted by Crippen LogP contribution is -2.17. The maximum Gasteiger partial charge on any atom is 0.134 e. The Balaban J connectivity index is 2.67. The number of rotatable bonds is 0. The number of thiophene rings is 1. The molecule has 0 aliphatic heterocycles. The molecule has 0 aliphatic carbocycles. The van der Waals surface area contributed by atoms with E-state index < -0.39 is 0 Å². The van der Waals surface area contributed by atoms with Gasteiger partial charge in [-0.25, -0.2) is 9.97 Å². The van der Waals surface area contributed by atoms with Crippen molar-refractivity contribution in [1.29, 1.82) is 0 Å². The van der Waals surface area contributed by atoms with Crippen molar-refractivity contribution in [2.45, 2.75) is 52.4 Å². The van der Waals surface area contributed by atoms with E-state index in [1.165, 1.54) is 10.3 Å². The molecule has 0 atom stereocenters. The van der Waals surface area contributed by atoms with Gasteiger partial charge in [-0.15, -0.1) is 11.3 Å². The van der Waals surface area contributed by atoms with Crippen LogP contribution in [0, 0.1) is 0 Å². The zero-order valence-corrected chi connectivity index (χ0v) is 12.3. The quantitative estimate of drug-likeness (QED) is 0.695. The average Bonchev–Trinajstić information content (AvgIpc) is 2.57. The second kappa shape index (κ2) is 3.77. The summed E-state index contributed by atoms with van der Waals surface area (Å²) in [5.41, 5.74) is 2.60. The van der Waals surface area contributed by atoms with E-state index in [4.69, 9.17) is 4.98 Å². The van der Waals surface area contributed by atoms with E-state index in [1.54, 1.807) is 11.3 Å². The zero-order valence-electron chi connectivity index (χ0n) is 11.5. The van der Waals surface area contributed by atoms with Crippen molar-refractivity contribution >= 4 is 21.6 Å². The fraction of sp³-hybridized carbons (Fsp3) is 0.571. The standard InChI is InChI=1S/C14H20N2S/c1-13(2,3)9-8-17-10-7-15-12(14(4,5)6)16-11(9)10/h7-8H,1-6H3. The topological polar surface area (TPSA) is 25.8 Å². The van der Waals surface area contributed by atoms with Crippen molar-refractivity contribution < 1.29 is 0 Å². The molecule has 92 valence electrons. The van der Waals surface area contributed by atoms with Crippen molar-refractivity contribution in [3.63, 3.8) is 0 Å². The first-order chi connectivity index (χ1) is 7.69. The molecule has 0 fully saturated rings. The molecule has 17 heavy (non-hydrogen) atoms. The third kappa shape index (κ3) is 2.34. The van der Waals surface area contributed by atoms with E-state index in [0.29, 0.717) is 0 Å². The summed E-state index contributed by atoms with van der Waals surface area (Å²) >= 11 is 1.74. The van der Waals surface area contributed by atoms with Crippen LogP contribution in [0.15, 0.2) is 11.6 Å². The Morgan fingerprint density at radius 1 is 1.00 bits per heavy atom. The van der Waals surface area contributed by atoms with Crippen molar-refractivity contribution in [2.24, 2.45) is 0 Å². The Morgan fingerprint density at radius 3 is 2.18 bits per heavy atom. The first-order valence-corrected chi connectivity index (χ1v) is 6.83. The largest absolute Gasteiger partial charge is 0.239 e. The highest BCUT2D eigenvalue weighted by atomic mass is 32.1. The number of aromatic nitrogens is 2. The smallest absolute Gasteiger partial charge is 0.134 e. The fourth-order valence-corrected chi connectivity index (χ4v) is 2.81. The van der Waals surface area contributed by atoms with Crippen LogP contribution in [0.2, 0.25) is 0 Å². The van der Waals surface area contributed by atoms with Crippen LogP contribution in [-0.2, 0) is 10.8 Å². The number of fused-ring (bicyclic) bond motifs is 1. The molecule has 2 aromatic heterocycles. The summed E-state index contributed by atoms with van der Waals surface area (Å²) < 4.78 is 1.18. The van der Waals surface area contributed by atoms with Gasteiger partial charge < -0.3 is 0 Å². The monoisotopic (exact) mass is 248 g/mol. The third-order valence-corrected chi connectivity index (χ3v) is 3.70. The molecule has 0 spiro atoms. The molecule has 0 aromatic carbocycles. The Kier molecular flexibility index (Phi) is 2.77. The maximum atomic E-state index is 4.77. The first kappa shape index (κ1) is 12.5. The molecule has 0 radical (unpaired) electrons. The molecule has 0 saturated heterocycles. The van der Waals surface area contributed by atoms with Crippen LogP contribution in [0.3, 0.4) is 0 Å². The SMILES string of the molecule is CC(C)(C)c1ncc2scc(C(C)(C)C)c2n1. The molecule has 0 N–H and O–H groups in total. The van der Waals surface area contributed by atoms with Crippen LogP contribution < -0.4 is 0 Å². The lowest BCUT2D eigenvalue weighted by molar-refractivity contribution is 0.546. The number of nitrogens with zero attached hydrogens (tertiary/aromatic N) is 2. The molecule has 2 rings (SSSR count). The van der Waals surface area contributed by atoms with Gasteiger partial charge in [0.15, 0.2) is 0 Å². The second-order valence-corrected chi connectivity index (χ2v) is 7.47. The summed E-state index contributed by atoms with van der Waals surface area (Å²) in [6.07, 6.45) is 1.96. The molecule has 3 heteroatoms. The lowest BCUT2D eigenvalue weighted by atomic mass is 9.88. The predicted octanol–water partition coefficient (Wildman–Crippen LogP) is 4.29. The highest BCUT2D eigenvalue weighted by molar-refractivity contribution is 7.17. The molecule has 0 unspecified atom stereocenters. The Hall–Kier alpha value is -0.960. The Morgan fingerprint density at radius 2 is 1.65 bits per heavy atom. The summed E-state index contributed by atoms with van der Waals surface area (Å²) in [4.78, 5) is 9.25. The van der Waals surface area contributed by atoms with Gasteiger partial charge in [0.25, 0.3) is 0 Å². The van der Waals surface area contributed by atoms with Crippen LogP contribution in [-0.4, -0.2) is 9.97 Å². The Labute approximate surface area is 107 Å². The molecule has 0 amide bonds.